The van der Waals surface area contributed by atoms with Crippen LogP contribution in [0.4, 0.5) is 4.39 Å². The van der Waals surface area contributed by atoms with E-state index < -0.39 is 0 Å². The monoisotopic (exact) mass is 374 g/mol. The first-order chi connectivity index (χ1) is 12.4. The van der Waals surface area contributed by atoms with Crippen molar-refractivity contribution in [1.29, 1.82) is 0 Å². The van der Waals surface area contributed by atoms with Crippen molar-refractivity contribution in [2.75, 3.05) is 26.2 Å². The summed E-state index contributed by atoms with van der Waals surface area (Å²) in [6.07, 6.45) is 0.297. The number of carbonyl (C=O) groups excluding carboxylic acids is 2. The Balaban J connectivity index is 1.57. The highest BCUT2D eigenvalue weighted by Gasteiger charge is 2.25. The molecule has 0 bridgehead atoms. The fourth-order valence-corrected chi connectivity index (χ4v) is 3.27. The predicted octanol–water partition coefficient (Wildman–Crippen LogP) is 3.31. The Morgan fingerprint density at radius 1 is 1.04 bits per heavy atom. The largest absolute Gasteiger partial charge is 0.339 e. The van der Waals surface area contributed by atoms with E-state index in [1.807, 2.05) is 12.1 Å². The molecule has 1 aliphatic rings. The molecule has 0 spiro atoms. The van der Waals surface area contributed by atoms with Gasteiger partial charge in [-0.1, -0.05) is 23.7 Å². The predicted molar refractivity (Wildman–Crippen MR) is 98.8 cm³/mol. The van der Waals surface area contributed by atoms with E-state index in [0.29, 0.717) is 48.7 Å². The smallest absolute Gasteiger partial charge is 0.253 e. The Hall–Kier alpha value is -2.40. The molecule has 0 saturated carbocycles. The summed E-state index contributed by atoms with van der Waals surface area (Å²) in [6, 6.07) is 11.6. The Labute approximate surface area is 157 Å². The van der Waals surface area contributed by atoms with Gasteiger partial charge < -0.3 is 9.80 Å². The molecule has 1 fully saturated rings. The van der Waals surface area contributed by atoms with Crippen LogP contribution in [0, 0.1) is 12.7 Å². The molecule has 0 N–H and O–H groups in total. The lowest BCUT2D eigenvalue weighted by Gasteiger charge is -2.35. The lowest BCUT2D eigenvalue weighted by atomic mass is 10.1. The normalized spacial score (nSPS) is 14.4. The van der Waals surface area contributed by atoms with Gasteiger partial charge in [-0.3, -0.25) is 9.59 Å². The van der Waals surface area contributed by atoms with E-state index in [2.05, 4.69) is 0 Å². The first kappa shape index (κ1) is 18.4. The number of hydrogen-bond acceptors (Lipinski definition) is 2. The van der Waals surface area contributed by atoms with Gasteiger partial charge in [0.05, 0.1) is 6.42 Å². The Morgan fingerprint density at radius 3 is 2.38 bits per heavy atom. The topological polar surface area (TPSA) is 40.6 Å². The SMILES string of the molecule is Cc1cc(C(=O)N2CCN(C(=O)Cc3cccc(Cl)c3)CC2)ccc1F. The highest BCUT2D eigenvalue weighted by molar-refractivity contribution is 6.30. The van der Waals surface area contributed by atoms with E-state index in [1.54, 1.807) is 34.9 Å². The van der Waals surface area contributed by atoms with Crippen molar-refractivity contribution in [3.63, 3.8) is 0 Å². The average molecular weight is 375 g/mol. The number of nitrogens with zero attached hydrogens (tertiary/aromatic N) is 2. The molecule has 3 rings (SSSR count). The van der Waals surface area contributed by atoms with E-state index in [9.17, 15) is 14.0 Å². The number of amides is 2. The fourth-order valence-electron chi connectivity index (χ4n) is 3.05. The Kier molecular flexibility index (Phi) is 5.57. The molecule has 0 atom stereocenters. The molecule has 26 heavy (non-hydrogen) atoms. The van der Waals surface area contributed by atoms with Crippen molar-refractivity contribution in [3.8, 4) is 0 Å². The molecule has 0 aromatic heterocycles. The molecule has 1 aliphatic heterocycles. The van der Waals surface area contributed by atoms with Crippen LogP contribution < -0.4 is 0 Å². The first-order valence-electron chi connectivity index (χ1n) is 8.51. The molecule has 1 heterocycles. The van der Waals surface area contributed by atoms with Crippen LogP contribution in [-0.2, 0) is 11.2 Å². The van der Waals surface area contributed by atoms with Crippen LogP contribution in [0.25, 0.3) is 0 Å². The second kappa shape index (κ2) is 7.87. The molecule has 0 unspecified atom stereocenters. The number of rotatable bonds is 3. The third kappa shape index (κ3) is 4.22. The zero-order valence-corrected chi connectivity index (χ0v) is 15.3. The van der Waals surface area contributed by atoms with E-state index in [1.165, 1.54) is 12.1 Å². The van der Waals surface area contributed by atoms with Gasteiger partial charge >= 0.3 is 0 Å². The fraction of sp³-hybridized carbons (Fsp3) is 0.300. The van der Waals surface area contributed by atoms with Crippen LogP contribution in [0.1, 0.15) is 21.5 Å². The quantitative estimate of drug-likeness (QED) is 0.827. The minimum absolute atomic E-state index is 0.0250. The minimum atomic E-state index is -0.321. The van der Waals surface area contributed by atoms with E-state index >= 15 is 0 Å². The van der Waals surface area contributed by atoms with Gasteiger partial charge in [-0.15, -0.1) is 0 Å². The summed E-state index contributed by atoms with van der Waals surface area (Å²) in [5, 5.41) is 0.611. The molecule has 2 amide bonds. The highest BCUT2D eigenvalue weighted by atomic mass is 35.5. The third-order valence-corrected chi connectivity index (χ3v) is 4.80. The second-order valence-corrected chi connectivity index (χ2v) is 6.88. The van der Waals surface area contributed by atoms with Crippen LogP contribution in [0.15, 0.2) is 42.5 Å². The lowest BCUT2D eigenvalue weighted by molar-refractivity contribution is -0.131. The van der Waals surface area contributed by atoms with Crippen molar-refractivity contribution in [3.05, 3.63) is 70.0 Å². The van der Waals surface area contributed by atoms with Gasteiger partial charge in [-0.05, 0) is 48.4 Å². The van der Waals surface area contributed by atoms with Gasteiger partial charge in [-0.2, -0.15) is 0 Å². The summed E-state index contributed by atoms with van der Waals surface area (Å²) in [6.45, 7) is 3.56. The molecule has 0 radical (unpaired) electrons. The third-order valence-electron chi connectivity index (χ3n) is 4.57. The summed E-state index contributed by atoms with van der Waals surface area (Å²) >= 11 is 5.95. The maximum absolute atomic E-state index is 13.4. The van der Waals surface area contributed by atoms with Gasteiger partial charge in [0.25, 0.3) is 5.91 Å². The summed E-state index contributed by atoms with van der Waals surface area (Å²) in [4.78, 5) is 28.5. The Morgan fingerprint density at radius 2 is 1.73 bits per heavy atom. The summed E-state index contributed by atoms with van der Waals surface area (Å²) in [5.41, 5.74) is 1.80. The van der Waals surface area contributed by atoms with Crippen molar-refractivity contribution in [2.45, 2.75) is 13.3 Å². The number of piperazine rings is 1. The molecular formula is C20H20ClFN2O2. The summed E-state index contributed by atoms with van der Waals surface area (Å²) in [5.74, 6) is -0.426. The molecule has 6 heteroatoms. The van der Waals surface area contributed by atoms with Gasteiger partial charge in [-0.25, -0.2) is 4.39 Å². The lowest BCUT2D eigenvalue weighted by Crippen LogP contribution is -2.51. The molecule has 2 aromatic rings. The maximum atomic E-state index is 13.4. The zero-order chi connectivity index (χ0) is 18.7. The second-order valence-electron chi connectivity index (χ2n) is 6.44. The van der Waals surface area contributed by atoms with Crippen LogP contribution in [-0.4, -0.2) is 47.8 Å². The van der Waals surface area contributed by atoms with Crippen molar-refractivity contribution >= 4 is 23.4 Å². The molecule has 1 saturated heterocycles. The summed E-state index contributed by atoms with van der Waals surface area (Å²) in [7, 11) is 0. The molecule has 0 aliphatic carbocycles. The average Bonchev–Trinajstić information content (AvgIpc) is 2.63. The van der Waals surface area contributed by atoms with Crippen LogP contribution in [0.3, 0.4) is 0 Å². The highest BCUT2D eigenvalue weighted by Crippen LogP contribution is 2.15. The Bertz CT molecular complexity index is 832. The van der Waals surface area contributed by atoms with E-state index in [4.69, 9.17) is 11.6 Å². The van der Waals surface area contributed by atoms with Crippen LogP contribution >= 0.6 is 11.6 Å². The number of carbonyl (C=O) groups is 2. The maximum Gasteiger partial charge on any atom is 0.253 e. The molecule has 2 aromatic carbocycles. The number of halogens is 2. The first-order valence-corrected chi connectivity index (χ1v) is 8.89. The van der Waals surface area contributed by atoms with Crippen molar-refractivity contribution < 1.29 is 14.0 Å². The van der Waals surface area contributed by atoms with Crippen LogP contribution in [0.2, 0.25) is 5.02 Å². The minimum Gasteiger partial charge on any atom is -0.339 e. The number of aryl methyl sites for hydroxylation is 1. The van der Waals surface area contributed by atoms with Crippen molar-refractivity contribution in [2.24, 2.45) is 0 Å². The molecule has 136 valence electrons. The van der Waals surface area contributed by atoms with Gasteiger partial charge in [0.1, 0.15) is 5.82 Å². The van der Waals surface area contributed by atoms with Gasteiger partial charge in [0, 0.05) is 36.8 Å². The zero-order valence-electron chi connectivity index (χ0n) is 14.5. The van der Waals surface area contributed by atoms with Crippen LogP contribution in [0.5, 0.6) is 0 Å². The van der Waals surface area contributed by atoms with E-state index in [0.717, 1.165) is 5.56 Å². The van der Waals surface area contributed by atoms with E-state index in [-0.39, 0.29) is 17.6 Å². The van der Waals surface area contributed by atoms with Gasteiger partial charge in [0.15, 0.2) is 0 Å². The number of benzene rings is 2. The molecule has 4 nitrogen and oxygen atoms in total. The standard InChI is InChI=1S/C20H20ClFN2O2/c1-14-11-16(5-6-18(14)22)20(26)24-9-7-23(8-10-24)19(25)13-15-3-2-4-17(21)12-15/h2-6,11-12H,7-10,13H2,1H3. The summed E-state index contributed by atoms with van der Waals surface area (Å²) < 4.78 is 13.4. The molecular weight excluding hydrogens is 355 g/mol. The number of hydrogen-bond donors (Lipinski definition) is 0. The van der Waals surface area contributed by atoms with Gasteiger partial charge in [0.2, 0.25) is 5.91 Å². The van der Waals surface area contributed by atoms with Crippen molar-refractivity contribution in [1.82, 2.24) is 9.80 Å².